The van der Waals surface area contributed by atoms with Gasteiger partial charge in [0.25, 0.3) is 5.91 Å². The van der Waals surface area contributed by atoms with Crippen LogP contribution in [0.1, 0.15) is 35.5 Å². The molecule has 0 spiro atoms. The number of rotatable bonds is 6. The third-order valence-corrected chi connectivity index (χ3v) is 6.06. The van der Waals surface area contributed by atoms with Crippen LogP contribution in [-0.2, 0) is 15.4 Å². The van der Waals surface area contributed by atoms with Gasteiger partial charge in [0.05, 0.1) is 6.26 Å². The number of carbonyl (C=O) groups is 1. The molecule has 0 saturated heterocycles. The molecular formula is C25H23FN2O4S. The second kappa shape index (κ2) is 8.37. The van der Waals surface area contributed by atoms with Crippen LogP contribution in [0, 0.1) is 5.82 Å². The molecular weight excluding hydrogens is 443 g/mol. The highest BCUT2D eigenvalue weighted by atomic mass is 32.2. The summed E-state index contributed by atoms with van der Waals surface area (Å²) in [6.07, 6.45) is 1.07. The van der Waals surface area contributed by atoms with E-state index in [1.165, 1.54) is 12.1 Å². The lowest BCUT2D eigenvalue weighted by atomic mass is 9.78. The molecule has 0 unspecified atom stereocenters. The van der Waals surface area contributed by atoms with Crippen LogP contribution in [0.3, 0.4) is 0 Å². The lowest BCUT2D eigenvalue weighted by Crippen LogP contribution is -2.19. The van der Waals surface area contributed by atoms with Crippen LogP contribution in [0.5, 0.6) is 0 Å². The fourth-order valence-electron chi connectivity index (χ4n) is 3.64. The number of hydrogen-bond acceptors (Lipinski definition) is 4. The molecule has 0 aliphatic rings. The maximum absolute atomic E-state index is 13.3. The Morgan fingerprint density at radius 3 is 2.33 bits per heavy atom. The molecule has 0 radical (unpaired) electrons. The Morgan fingerprint density at radius 1 is 0.909 bits per heavy atom. The molecule has 2 N–H and O–H groups in total. The summed E-state index contributed by atoms with van der Waals surface area (Å²) in [6, 6.07) is 20.1. The number of amides is 1. The molecule has 1 amide bonds. The van der Waals surface area contributed by atoms with Gasteiger partial charge in [0.15, 0.2) is 5.76 Å². The van der Waals surface area contributed by atoms with Crippen LogP contribution >= 0.6 is 0 Å². The number of hydrogen-bond donors (Lipinski definition) is 2. The number of carbonyl (C=O) groups excluding carboxylic acids is 1. The molecule has 0 aliphatic heterocycles. The number of nitrogens with one attached hydrogen (secondary N) is 2. The zero-order chi connectivity index (χ0) is 23.8. The third-order valence-electron chi connectivity index (χ3n) is 5.45. The van der Waals surface area contributed by atoms with Gasteiger partial charge in [0.2, 0.25) is 10.0 Å². The van der Waals surface area contributed by atoms with Gasteiger partial charge in [0.1, 0.15) is 11.4 Å². The van der Waals surface area contributed by atoms with Crippen molar-refractivity contribution < 1.29 is 22.0 Å². The van der Waals surface area contributed by atoms with Crippen LogP contribution in [0.15, 0.2) is 77.2 Å². The largest absolute Gasteiger partial charge is 0.451 e. The first kappa shape index (κ1) is 22.5. The van der Waals surface area contributed by atoms with E-state index in [2.05, 4.69) is 10.0 Å². The van der Waals surface area contributed by atoms with Crippen LogP contribution in [0.4, 0.5) is 15.8 Å². The lowest BCUT2D eigenvalue weighted by Gasteiger charge is -2.26. The quantitative estimate of drug-likeness (QED) is 0.392. The Morgan fingerprint density at radius 2 is 1.64 bits per heavy atom. The summed E-state index contributed by atoms with van der Waals surface area (Å²) >= 11 is 0. The van der Waals surface area contributed by atoms with E-state index >= 15 is 0 Å². The van der Waals surface area contributed by atoms with Gasteiger partial charge in [-0.1, -0.05) is 38.1 Å². The minimum absolute atomic E-state index is 0.102. The average Bonchev–Trinajstić information content (AvgIpc) is 3.17. The maximum atomic E-state index is 13.3. The molecule has 3 aromatic carbocycles. The molecule has 0 fully saturated rings. The van der Waals surface area contributed by atoms with Crippen molar-refractivity contribution in [3.63, 3.8) is 0 Å². The Labute approximate surface area is 191 Å². The highest BCUT2D eigenvalue weighted by Crippen LogP contribution is 2.33. The summed E-state index contributed by atoms with van der Waals surface area (Å²) in [5, 5.41) is 3.44. The van der Waals surface area contributed by atoms with E-state index in [-0.39, 0.29) is 11.6 Å². The Hall–Kier alpha value is -3.65. The van der Waals surface area contributed by atoms with E-state index in [4.69, 9.17) is 4.42 Å². The molecule has 170 valence electrons. The van der Waals surface area contributed by atoms with Gasteiger partial charge < -0.3 is 9.73 Å². The monoisotopic (exact) mass is 466 g/mol. The summed E-state index contributed by atoms with van der Waals surface area (Å²) in [5.74, 6) is -0.620. The van der Waals surface area contributed by atoms with Gasteiger partial charge in [-0.3, -0.25) is 9.52 Å². The van der Waals surface area contributed by atoms with Crippen molar-refractivity contribution >= 4 is 38.3 Å². The first-order valence-electron chi connectivity index (χ1n) is 10.2. The predicted octanol–water partition coefficient (Wildman–Crippen LogP) is 5.52. The number of anilines is 2. The fourth-order valence-corrected chi connectivity index (χ4v) is 4.20. The molecule has 4 aromatic rings. The van der Waals surface area contributed by atoms with Crippen LogP contribution in [0.2, 0.25) is 0 Å². The van der Waals surface area contributed by atoms with E-state index in [1.54, 1.807) is 42.5 Å². The SMILES string of the molecule is CC(C)(c1ccc(F)cc1)c1cccc(NC(=O)c2cc3cc(NS(C)(=O)=O)ccc3o2)c1. The fraction of sp³-hybridized carbons (Fsp3) is 0.160. The number of furan rings is 1. The van der Waals surface area contributed by atoms with Crippen molar-refractivity contribution in [3.8, 4) is 0 Å². The summed E-state index contributed by atoms with van der Waals surface area (Å²) in [7, 11) is -3.41. The number of halogens is 1. The molecule has 0 atom stereocenters. The standard InChI is InChI=1S/C25H23FN2O4S/c1-25(2,17-7-9-19(26)10-8-17)18-5-4-6-20(15-18)27-24(29)23-14-16-13-21(28-33(3,30)31)11-12-22(16)32-23/h4-15,28H,1-3H3,(H,27,29). The normalized spacial score (nSPS) is 12.0. The Balaban J connectivity index is 1.56. The second-order valence-electron chi connectivity index (χ2n) is 8.40. The van der Waals surface area contributed by atoms with Gasteiger partial charge in [-0.15, -0.1) is 0 Å². The first-order chi connectivity index (χ1) is 15.5. The van der Waals surface area contributed by atoms with Crippen molar-refractivity contribution in [3.05, 3.63) is 95.5 Å². The molecule has 0 saturated carbocycles. The number of sulfonamides is 1. The van der Waals surface area contributed by atoms with Crippen molar-refractivity contribution in [2.24, 2.45) is 0 Å². The molecule has 0 bridgehead atoms. The molecule has 1 heterocycles. The number of benzene rings is 3. The zero-order valence-electron chi connectivity index (χ0n) is 18.3. The molecule has 4 rings (SSSR count). The van der Waals surface area contributed by atoms with Crippen molar-refractivity contribution in [1.29, 1.82) is 0 Å². The Kier molecular flexibility index (Phi) is 5.71. The van der Waals surface area contributed by atoms with Gasteiger partial charge >= 0.3 is 0 Å². The van der Waals surface area contributed by atoms with Crippen molar-refractivity contribution in [1.82, 2.24) is 0 Å². The molecule has 6 nitrogen and oxygen atoms in total. The molecule has 33 heavy (non-hydrogen) atoms. The van der Waals surface area contributed by atoms with E-state index < -0.39 is 21.3 Å². The minimum atomic E-state index is -3.41. The summed E-state index contributed by atoms with van der Waals surface area (Å²) in [5.41, 5.74) is 2.93. The van der Waals surface area contributed by atoms with Gasteiger partial charge in [0, 0.05) is 22.2 Å². The summed E-state index contributed by atoms with van der Waals surface area (Å²) in [4.78, 5) is 12.8. The third kappa shape index (κ3) is 5.06. The predicted molar refractivity (Wildman–Crippen MR) is 128 cm³/mol. The Bertz CT molecular complexity index is 1440. The van der Waals surface area contributed by atoms with Gasteiger partial charge in [-0.2, -0.15) is 0 Å². The van der Waals surface area contributed by atoms with E-state index in [1.807, 2.05) is 32.0 Å². The summed E-state index contributed by atoms with van der Waals surface area (Å²) < 4.78 is 44.3. The van der Waals surface area contributed by atoms with Crippen molar-refractivity contribution in [2.75, 3.05) is 16.3 Å². The van der Waals surface area contributed by atoms with E-state index in [9.17, 15) is 17.6 Å². The molecule has 1 aromatic heterocycles. The second-order valence-corrected chi connectivity index (χ2v) is 10.2. The average molecular weight is 467 g/mol. The minimum Gasteiger partial charge on any atom is -0.451 e. The topological polar surface area (TPSA) is 88.4 Å². The lowest BCUT2D eigenvalue weighted by molar-refractivity contribution is 0.0998. The van der Waals surface area contributed by atoms with Crippen LogP contribution < -0.4 is 10.0 Å². The van der Waals surface area contributed by atoms with Crippen molar-refractivity contribution in [2.45, 2.75) is 19.3 Å². The van der Waals surface area contributed by atoms with E-state index in [0.717, 1.165) is 17.4 Å². The highest BCUT2D eigenvalue weighted by Gasteiger charge is 2.24. The van der Waals surface area contributed by atoms with Gasteiger partial charge in [-0.05, 0) is 59.7 Å². The van der Waals surface area contributed by atoms with E-state index in [0.29, 0.717) is 22.3 Å². The molecule has 0 aliphatic carbocycles. The smallest absolute Gasteiger partial charge is 0.291 e. The highest BCUT2D eigenvalue weighted by molar-refractivity contribution is 7.92. The number of fused-ring (bicyclic) bond motifs is 1. The first-order valence-corrected chi connectivity index (χ1v) is 12.1. The van der Waals surface area contributed by atoms with Crippen LogP contribution in [0.25, 0.3) is 11.0 Å². The maximum Gasteiger partial charge on any atom is 0.291 e. The zero-order valence-corrected chi connectivity index (χ0v) is 19.2. The molecule has 8 heteroatoms. The summed E-state index contributed by atoms with van der Waals surface area (Å²) in [6.45, 7) is 4.06. The van der Waals surface area contributed by atoms with Gasteiger partial charge in [-0.25, -0.2) is 12.8 Å². The van der Waals surface area contributed by atoms with Crippen LogP contribution in [-0.4, -0.2) is 20.6 Å².